The van der Waals surface area contributed by atoms with Crippen molar-refractivity contribution in [2.45, 2.75) is 64.7 Å². The summed E-state index contributed by atoms with van der Waals surface area (Å²) in [5.74, 6) is 0.0795. The van der Waals surface area contributed by atoms with E-state index in [0.717, 1.165) is 0 Å². The molecule has 4 aliphatic rings. The van der Waals surface area contributed by atoms with Gasteiger partial charge in [0.05, 0.1) is 5.41 Å². The van der Waals surface area contributed by atoms with Crippen LogP contribution in [0.3, 0.4) is 0 Å². The minimum Gasteiger partial charge on any atom is -0.299 e. The van der Waals surface area contributed by atoms with Crippen LogP contribution in [0.15, 0.2) is 11.6 Å². The van der Waals surface area contributed by atoms with Crippen molar-refractivity contribution in [2.24, 2.45) is 28.6 Å². The van der Waals surface area contributed by atoms with Crippen LogP contribution in [0.2, 0.25) is 0 Å². The lowest BCUT2D eigenvalue weighted by molar-refractivity contribution is -0.143. The Morgan fingerprint density at radius 3 is 2.57 bits per heavy atom. The lowest BCUT2D eigenvalue weighted by atomic mass is 9.46. The number of allylic oxidation sites excluding steroid dienone is 1. The monoisotopic (exact) mass is 322 g/mol. The number of fused-ring (bicyclic) bond motifs is 5. The van der Waals surface area contributed by atoms with Crippen molar-refractivity contribution < 1.29 is 18.4 Å². The van der Waals surface area contributed by atoms with Gasteiger partial charge >= 0.3 is 0 Å². The lowest BCUT2D eigenvalue weighted by Crippen LogP contribution is -2.57. The topological polar surface area (TPSA) is 34.1 Å². The highest BCUT2D eigenvalue weighted by Gasteiger charge is 2.64. The molecule has 0 aromatic heterocycles. The van der Waals surface area contributed by atoms with Crippen LogP contribution in [0, 0.1) is 28.6 Å². The van der Waals surface area contributed by atoms with Crippen LogP contribution in [0.5, 0.6) is 0 Å². The maximum Gasteiger partial charge on any atom is 0.155 e. The van der Waals surface area contributed by atoms with Crippen LogP contribution in [0.1, 0.15) is 52.4 Å². The number of alkyl halides is 2. The quantitative estimate of drug-likeness (QED) is 0.676. The van der Waals surface area contributed by atoms with Crippen LogP contribution in [0.25, 0.3) is 0 Å². The van der Waals surface area contributed by atoms with E-state index < -0.39 is 23.2 Å². The van der Waals surface area contributed by atoms with E-state index in [-0.39, 0.29) is 29.3 Å². The zero-order valence-corrected chi connectivity index (χ0v) is 13.8. The van der Waals surface area contributed by atoms with E-state index in [9.17, 15) is 14.0 Å². The summed E-state index contributed by atoms with van der Waals surface area (Å²) in [5.41, 5.74) is -0.744. The van der Waals surface area contributed by atoms with Crippen molar-refractivity contribution in [3.63, 3.8) is 0 Å². The zero-order chi connectivity index (χ0) is 16.6. The average molecular weight is 322 g/mol. The van der Waals surface area contributed by atoms with Crippen molar-refractivity contribution in [2.75, 3.05) is 0 Å². The number of halogens is 2. The molecule has 0 aromatic rings. The van der Waals surface area contributed by atoms with E-state index in [1.165, 1.54) is 6.08 Å². The Bertz CT molecular complexity index is 612. The highest BCUT2D eigenvalue weighted by atomic mass is 19.1. The Kier molecular flexibility index (Phi) is 3.18. The smallest absolute Gasteiger partial charge is 0.155 e. The van der Waals surface area contributed by atoms with Gasteiger partial charge < -0.3 is 0 Å². The molecule has 3 fully saturated rings. The third-order valence-corrected chi connectivity index (χ3v) is 7.70. The second-order valence-corrected chi connectivity index (χ2v) is 8.51. The zero-order valence-electron chi connectivity index (χ0n) is 13.8. The summed E-state index contributed by atoms with van der Waals surface area (Å²) in [6, 6.07) is 0. The van der Waals surface area contributed by atoms with Crippen LogP contribution in [0.4, 0.5) is 8.78 Å². The van der Waals surface area contributed by atoms with Gasteiger partial charge in [0.2, 0.25) is 0 Å². The minimum atomic E-state index is -1.14. The van der Waals surface area contributed by atoms with Crippen molar-refractivity contribution >= 4 is 11.6 Å². The first-order chi connectivity index (χ1) is 10.8. The Morgan fingerprint density at radius 1 is 1.09 bits per heavy atom. The molecule has 4 rings (SSSR count). The van der Waals surface area contributed by atoms with Gasteiger partial charge in [0.15, 0.2) is 5.78 Å². The summed E-state index contributed by atoms with van der Waals surface area (Å²) in [6.07, 6.45) is 2.06. The maximum atomic E-state index is 15.0. The number of carbonyl (C=O) groups excluding carboxylic acids is 2. The normalized spacial score (nSPS) is 52.5. The van der Waals surface area contributed by atoms with E-state index in [4.69, 9.17) is 0 Å². The highest BCUT2D eigenvalue weighted by Crippen LogP contribution is 2.65. The van der Waals surface area contributed by atoms with E-state index in [2.05, 4.69) is 0 Å². The summed E-state index contributed by atoms with van der Waals surface area (Å²) in [7, 11) is 0. The number of ketones is 2. The number of carbonyl (C=O) groups is 2. The molecule has 0 amide bonds. The molecule has 0 radical (unpaired) electrons. The van der Waals surface area contributed by atoms with Crippen molar-refractivity contribution in [3.05, 3.63) is 11.6 Å². The van der Waals surface area contributed by atoms with Gasteiger partial charge in [0, 0.05) is 12.8 Å². The molecule has 0 spiro atoms. The Balaban J connectivity index is 1.78. The van der Waals surface area contributed by atoms with E-state index in [0.29, 0.717) is 44.1 Å². The van der Waals surface area contributed by atoms with Crippen molar-refractivity contribution in [1.29, 1.82) is 0 Å². The van der Waals surface area contributed by atoms with Gasteiger partial charge in [-0.1, -0.05) is 6.92 Å². The predicted octanol–water partition coefficient (Wildman–Crippen LogP) is 3.98. The molecule has 0 saturated heterocycles. The van der Waals surface area contributed by atoms with E-state index in [1.54, 1.807) is 6.92 Å². The van der Waals surface area contributed by atoms with Gasteiger partial charge in [-0.25, -0.2) is 8.78 Å². The number of rotatable bonds is 0. The van der Waals surface area contributed by atoms with Gasteiger partial charge in [0.1, 0.15) is 18.1 Å². The molecule has 7 atom stereocenters. The van der Waals surface area contributed by atoms with Crippen LogP contribution < -0.4 is 0 Å². The molecule has 0 bridgehead atoms. The van der Waals surface area contributed by atoms with Gasteiger partial charge in [-0.05, 0) is 67.4 Å². The molecule has 2 nitrogen and oxygen atoms in total. The molecule has 0 heterocycles. The molecule has 3 saturated carbocycles. The average Bonchev–Trinajstić information content (AvgIpc) is 2.81. The molecule has 126 valence electrons. The second-order valence-electron chi connectivity index (χ2n) is 8.51. The standard InChI is InChI=1S/C19H24F2O2/c1-18-6-5-10(22)7-14(18)15(20)8-11-12-3-4-17(23)19(12,2)16(21)9-13(11)18/h7,11-13,15-16H,3-6,8-9H2,1-2H3/t11-,12-,13-,15-,16+,18+,19+/m0/s1. The second kappa shape index (κ2) is 4.73. The summed E-state index contributed by atoms with van der Waals surface area (Å²) >= 11 is 0. The maximum absolute atomic E-state index is 15.0. The summed E-state index contributed by atoms with van der Waals surface area (Å²) in [6.45, 7) is 3.78. The van der Waals surface area contributed by atoms with Crippen LogP contribution in [-0.4, -0.2) is 23.9 Å². The van der Waals surface area contributed by atoms with Crippen molar-refractivity contribution in [1.82, 2.24) is 0 Å². The van der Waals surface area contributed by atoms with Gasteiger partial charge in [-0.2, -0.15) is 0 Å². The minimum absolute atomic E-state index is 0.00735. The first-order valence-corrected chi connectivity index (χ1v) is 8.85. The molecular weight excluding hydrogens is 298 g/mol. The number of hydrogen-bond acceptors (Lipinski definition) is 2. The Hall–Kier alpha value is -1.06. The third kappa shape index (κ3) is 1.84. The Labute approximate surface area is 135 Å². The largest absolute Gasteiger partial charge is 0.299 e. The van der Waals surface area contributed by atoms with Crippen molar-refractivity contribution in [3.8, 4) is 0 Å². The molecule has 0 aliphatic heterocycles. The fraction of sp³-hybridized carbons (Fsp3) is 0.789. The summed E-state index contributed by atoms with van der Waals surface area (Å²) in [4.78, 5) is 24.1. The van der Waals surface area contributed by atoms with Crippen LogP contribution >= 0.6 is 0 Å². The van der Waals surface area contributed by atoms with E-state index in [1.807, 2.05) is 6.92 Å². The van der Waals surface area contributed by atoms with E-state index >= 15 is 4.39 Å². The molecule has 4 aliphatic carbocycles. The molecule has 4 heteroatoms. The van der Waals surface area contributed by atoms with Gasteiger partial charge in [-0.15, -0.1) is 0 Å². The number of hydrogen-bond donors (Lipinski definition) is 0. The number of Topliss-reactive ketones (excluding diaryl/α,β-unsaturated/α-hetero) is 1. The van der Waals surface area contributed by atoms with Gasteiger partial charge in [0.25, 0.3) is 0 Å². The summed E-state index contributed by atoms with van der Waals surface area (Å²) < 4.78 is 29.9. The molecule has 0 aromatic carbocycles. The third-order valence-electron chi connectivity index (χ3n) is 7.70. The molecular formula is C19H24F2O2. The molecule has 23 heavy (non-hydrogen) atoms. The van der Waals surface area contributed by atoms with Crippen LogP contribution in [-0.2, 0) is 9.59 Å². The van der Waals surface area contributed by atoms with Gasteiger partial charge in [-0.3, -0.25) is 9.59 Å². The summed E-state index contributed by atoms with van der Waals surface area (Å²) in [5, 5.41) is 0. The Morgan fingerprint density at radius 2 is 1.83 bits per heavy atom. The first kappa shape index (κ1) is 15.5. The predicted molar refractivity (Wildman–Crippen MR) is 82.3 cm³/mol. The lowest BCUT2D eigenvalue weighted by Gasteiger charge is -2.58. The molecule has 0 N–H and O–H groups in total. The first-order valence-electron chi connectivity index (χ1n) is 8.85. The SMILES string of the molecule is C[C@@]12C(=O)CC[C@H]1[C@@H]1C[C@H](F)C3=CC(=O)CC[C@]3(C)[C@H]1C[C@H]2F. The fourth-order valence-corrected chi connectivity index (χ4v) is 6.26. The fourth-order valence-electron chi connectivity index (χ4n) is 6.26. The molecule has 0 unspecified atom stereocenters. The highest BCUT2D eigenvalue weighted by molar-refractivity contribution is 5.92.